The van der Waals surface area contributed by atoms with Crippen molar-refractivity contribution in [2.75, 3.05) is 0 Å². The van der Waals surface area contributed by atoms with Gasteiger partial charge in [-0.1, -0.05) is 13.3 Å². The summed E-state index contributed by atoms with van der Waals surface area (Å²) in [6.45, 7) is 4.66. The van der Waals surface area contributed by atoms with E-state index in [4.69, 9.17) is 0 Å². The summed E-state index contributed by atoms with van der Waals surface area (Å²) in [4.78, 5) is 0. The fourth-order valence-corrected chi connectivity index (χ4v) is 1.49. The molecule has 0 bridgehead atoms. The molecule has 1 unspecified atom stereocenters. The average Bonchev–Trinajstić information content (AvgIpc) is 2.38. The molecule has 0 aromatic carbocycles. The Morgan fingerprint density at radius 2 is 1.92 bits per heavy atom. The van der Waals surface area contributed by atoms with Crippen molar-refractivity contribution in [3.05, 3.63) is 24.5 Å². The van der Waals surface area contributed by atoms with Crippen LogP contribution in [-0.2, 0) is 6.54 Å². The van der Waals surface area contributed by atoms with Crippen molar-refractivity contribution >= 4 is 0 Å². The molecule has 0 aliphatic heterocycles. The van der Waals surface area contributed by atoms with E-state index in [1.165, 1.54) is 0 Å². The van der Waals surface area contributed by atoms with E-state index in [0.717, 1.165) is 12.8 Å². The Morgan fingerprint density at radius 1 is 1.33 bits per heavy atom. The van der Waals surface area contributed by atoms with E-state index in [2.05, 4.69) is 6.92 Å². The van der Waals surface area contributed by atoms with Crippen LogP contribution in [0, 0.1) is 0 Å². The van der Waals surface area contributed by atoms with E-state index < -0.39 is 5.60 Å². The first-order valence-electron chi connectivity index (χ1n) is 4.47. The van der Waals surface area contributed by atoms with Gasteiger partial charge in [-0.05, 0) is 25.5 Å². The molecule has 1 aromatic rings. The Labute approximate surface area is 73.8 Å². The van der Waals surface area contributed by atoms with Gasteiger partial charge in [0.25, 0.3) is 0 Å². The summed E-state index contributed by atoms with van der Waals surface area (Å²) in [6, 6.07) is 3.95. The molecule has 0 fully saturated rings. The third kappa shape index (κ3) is 2.70. The van der Waals surface area contributed by atoms with Gasteiger partial charge in [0.15, 0.2) is 0 Å². The molecule has 0 radical (unpaired) electrons. The zero-order chi connectivity index (χ0) is 9.03. The molecular formula is C10H17NO. The normalized spacial score (nSPS) is 15.9. The number of aliphatic hydroxyl groups is 1. The monoisotopic (exact) mass is 167 g/mol. The molecule has 0 saturated carbocycles. The Kier molecular flexibility index (Phi) is 2.93. The lowest BCUT2D eigenvalue weighted by Crippen LogP contribution is -2.29. The van der Waals surface area contributed by atoms with Gasteiger partial charge in [0.2, 0.25) is 0 Å². The van der Waals surface area contributed by atoms with Crippen molar-refractivity contribution in [1.29, 1.82) is 0 Å². The number of aromatic nitrogens is 1. The first-order valence-corrected chi connectivity index (χ1v) is 4.47. The maximum atomic E-state index is 9.87. The van der Waals surface area contributed by atoms with E-state index in [1.807, 2.05) is 36.0 Å². The average molecular weight is 167 g/mol. The summed E-state index contributed by atoms with van der Waals surface area (Å²) in [5.74, 6) is 0. The van der Waals surface area contributed by atoms with Crippen molar-refractivity contribution in [2.24, 2.45) is 0 Å². The van der Waals surface area contributed by atoms with Crippen LogP contribution in [0.2, 0.25) is 0 Å². The van der Waals surface area contributed by atoms with Gasteiger partial charge >= 0.3 is 0 Å². The third-order valence-electron chi connectivity index (χ3n) is 1.98. The van der Waals surface area contributed by atoms with Crippen LogP contribution in [0.4, 0.5) is 0 Å². The van der Waals surface area contributed by atoms with Gasteiger partial charge in [-0.2, -0.15) is 0 Å². The lowest BCUT2D eigenvalue weighted by molar-refractivity contribution is 0.0325. The first-order chi connectivity index (χ1) is 5.64. The lowest BCUT2D eigenvalue weighted by atomic mass is 10.0. The molecule has 1 atom stereocenters. The van der Waals surface area contributed by atoms with Gasteiger partial charge in [-0.25, -0.2) is 0 Å². The smallest absolute Gasteiger partial charge is 0.0797 e. The molecule has 1 N–H and O–H groups in total. The van der Waals surface area contributed by atoms with Crippen LogP contribution in [0.1, 0.15) is 26.7 Å². The van der Waals surface area contributed by atoms with Crippen LogP contribution in [-0.4, -0.2) is 15.3 Å². The third-order valence-corrected chi connectivity index (χ3v) is 1.98. The summed E-state index contributed by atoms with van der Waals surface area (Å²) < 4.78 is 2.01. The fraction of sp³-hybridized carbons (Fsp3) is 0.600. The summed E-state index contributed by atoms with van der Waals surface area (Å²) in [5, 5.41) is 9.87. The second-order valence-corrected chi connectivity index (χ2v) is 3.60. The maximum absolute atomic E-state index is 9.87. The Morgan fingerprint density at radius 3 is 2.42 bits per heavy atom. The highest BCUT2D eigenvalue weighted by molar-refractivity contribution is 4.92. The molecule has 1 rings (SSSR count). The van der Waals surface area contributed by atoms with Crippen molar-refractivity contribution in [3.8, 4) is 0 Å². The van der Waals surface area contributed by atoms with Crippen LogP contribution in [0.15, 0.2) is 24.5 Å². The molecule has 0 saturated heterocycles. The standard InChI is InChI=1S/C10H17NO/c1-3-6-10(2,12)9-11-7-4-5-8-11/h4-5,7-8,12H,3,6,9H2,1-2H3. The van der Waals surface area contributed by atoms with Gasteiger partial charge in [-0.15, -0.1) is 0 Å². The van der Waals surface area contributed by atoms with Crippen molar-refractivity contribution < 1.29 is 5.11 Å². The van der Waals surface area contributed by atoms with E-state index in [9.17, 15) is 5.11 Å². The SMILES string of the molecule is CCCC(C)(O)Cn1cccc1. The van der Waals surface area contributed by atoms with Crippen LogP contribution < -0.4 is 0 Å². The van der Waals surface area contributed by atoms with E-state index in [1.54, 1.807) is 0 Å². The van der Waals surface area contributed by atoms with Crippen LogP contribution >= 0.6 is 0 Å². The summed E-state index contributed by atoms with van der Waals surface area (Å²) in [5.41, 5.74) is -0.562. The van der Waals surface area contributed by atoms with Gasteiger partial charge in [0.1, 0.15) is 0 Å². The second kappa shape index (κ2) is 3.76. The van der Waals surface area contributed by atoms with Crippen LogP contribution in [0.25, 0.3) is 0 Å². The van der Waals surface area contributed by atoms with E-state index >= 15 is 0 Å². The predicted octanol–water partition coefficient (Wildman–Crippen LogP) is 2.04. The van der Waals surface area contributed by atoms with Crippen molar-refractivity contribution in [1.82, 2.24) is 4.57 Å². The molecule has 12 heavy (non-hydrogen) atoms. The number of hydrogen-bond acceptors (Lipinski definition) is 1. The highest BCUT2D eigenvalue weighted by Gasteiger charge is 2.18. The van der Waals surface area contributed by atoms with E-state index in [0.29, 0.717) is 6.54 Å². The molecule has 0 aliphatic rings. The quantitative estimate of drug-likeness (QED) is 0.729. The highest BCUT2D eigenvalue weighted by atomic mass is 16.3. The molecular weight excluding hydrogens is 150 g/mol. The molecule has 2 heteroatoms. The van der Waals surface area contributed by atoms with Crippen LogP contribution in [0.3, 0.4) is 0 Å². The minimum Gasteiger partial charge on any atom is -0.388 e. The second-order valence-electron chi connectivity index (χ2n) is 3.60. The minimum absolute atomic E-state index is 0.562. The van der Waals surface area contributed by atoms with Crippen molar-refractivity contribution in [2.45, 2.75) is 38.8 Å². The molecule has 68 valence electrons. The first kappa shape index (κ1) is 9.33. The fourth-order valence-electron chi connectivity index (χ4n) is 1.49. The highest BCUT2D eigenvalue weighted by Crippen LogP contribution is 2.14. The summed E-state index contributed by atoms with van der Waals surface area (Å²) in [7, 11) is 0. The molecule has 2 nitrogen and oxygen atoms in total. The Balaban J connectivity index is 2.50. The van der Waals surface area contributed by atoms with Gasteiger partial charge in [0, 0.05) is 12.4 Å². The topological polar surface area (TPSA) is 25.2 Å². The zero-order valence-electron chi connectivity index (χ0n) is 7.83. The van der Waals surface area contributed by atoms with Gasteiger partial charge in [-0.3, -0.25) is 0 Å². The molecule has 0 spiro atoms. The molecule has 0 aliphatic carbocycles. The molecule has 1 heterocycles. The molecule has 1 aromatic heterocycles. The Hall–Kier alpha value is -0.760. The largest absolute Gasteiger partial charge is 0.388 e. The zero-order valence-corrected chi connectivity index (χ0v) is 7.83. The van der Waals surface area contributed by atoms with Gasteiger partial charge in [0.05, 0.1) is 12.1 Å². The van der Waals surface area contributed by atoms with Crippen molar-refractivity contribution in [3.63, 3.8) is 0 Å². The number of rotatable bonds is 4. The van der Waals surface area contributed by atoms with Crippen LogP contribution in [0.5, 0.6) is 0 Å². The van der Waals surface area contributed by atoms with Gasteiger partial charge < -0.3 is 9.67 Å². The minimum atomic E-state index is -0.562. The van der Waals surface area contributed by atoms with E-state index in [-0.39, 0.29) is 0 Å². The maximum Gasteiger partial charge on any atom is 0.0797 e. The summed E-state index contributed by atoms with van der Waals surface area (Å²) >= 11 is 0. The number of hydrogen-bond donors (Lipinski definition) is 1. The Bertz CT molecular complexity index is 214. The predicted molar refractivity (Wildman–Crippen MR) is 50.0 cm³/mol. The lowest BCUT2D eigenvalue weighted by Gasteiger charge is -2.23. The number of nitrogens with zero attached hydrogens (tertiary/aromatic N) is 1. The molecule has 0 amide bonds. The summed E-state index contributed by atoms with van der Waals surface area (Å²) in [6.07, 6.45) is 5.83.